The lowest BCUT2D eigenvalue weighted by Gasteiger charge is -2.15. The number of methoxy groups -OCH3 is 6. The topological polar surface area (TPSA) is 177 Å². The number of imidazole rings is 2. The van der Waals surface area contributed by atoms with Crippen LogP contribution in [0.25, 0.3) is 22.1 Å². The van der Waals surface area contributed by atoms with Crippen molar-refractivity contribution in [3.63, 3.8) is 0 Å². The molecule has 0 saturated carbocycles. The molecular formula is C52H60N8O8S2. The minimum Gasteiger partial charge on any atom is -0.497 e. The van der Waals surface area contributed by atoms with Gasteiger partial charge in [0.2, 0.25) is 10.3 Å². The van der Waals surface area contributed by atoms with E-state index in [1.807, 2.05) is 101 Å². The minimum absolute atomic E-state index is 0.215. The lowest BCUT2D eigenvalue weighted by atomic mass is 10.1. The van der Waals surface area contributed by atoms with Gasteiger partial charge in [0.15, 0.2) is 0 Å². The summed E-state index contributed by atoms with van der Waals surface area (Å²) in [6.07, 6.45) is 7.09. The van der Waals surface area contributed by atoms with Crippen LogP contribution in [-0.2, 0) is 46.2 Å². The lowest BCUT2D eigenvalue weighted by molar-refractivity contribution is 0.406. The Bertz CT molecular complexity index is 3220. The number of hydrogen-bond donors (Lipinski definition) is 0. The van der Waals surface area contributed by atoms with Crippen LogP contribution in [-0.4, -0.2) is 90.1 Å². The van der Waals surface area contributed by atoms with Crippen molar-refractivity contribution >= 4 is 43.7 Å². The molecule has 0 aliphatic heterocycles. The number of aromatic nitrogens is 8. The van der Waals surface area contributed by atoms with E-state index in [0.29, 0.717) is 51.8 Å². The van der Waals surface area contributed by atoms with Gasteiger partial charge < -0.3 is 37.6 Å². The summed E-state index contributed by atoms with van der Waals surface area (Å²) < 4.78 is 64.4. The monoisotopic (exact) mass is 988 g/mol. The first kappa shape index (κ1) is 50.9. The number of aryl methyl sites for hydroxylation is 4. The Morgan fingerprint density at radius 2 is 0.786 bits per heavy atom. The van der Waals surface area contributed by atoms with Crippen molar-refractivity contribution in [2.45, 2.75) is 90.3 Å². The molecule has 16 nitrogen and oxygen atoms in total. The van der Waals surface area contributed by atoms with Gasteiger partial charge in [-0.05, 0) is 79.7 Å². The summed E-state index contributed by atoms with van der Waals surface area (Å²) in [6, 6.07) is 11.3. The Morgan fingerprint density at radius 1 is 0.429 bits per heavy atom. The van der Waals surface area contributed by atoms with E-state index in [-0.39, 0.29) is 11.5 Å². The Hall–Kier alpha value is -6.92. The van der Waals surface area contributed by atoms with Crippen molar-refractivity contribution in [1.29, 1.82) is 0 Å². The number of fused-ring (bicyclic) bond motifs is 2. The van der Waals surface area contributed by atoms with E-state index < -0.39 is 21.6 Å². The normalized spacial score (nSPS) is 12.1. The van der Waals surface area contributed by atoms with Crippen LogP contribution < -0.4 is 28.4 Å². The minimum atomic E-state index is -1.47. The van der Waals surface area contributed by atoms with Gasteiger partial charge >= 0.3 is 0 Å². The highest BCUT2D eigenvalue weighted by Crippen LogP contribution is 2.33. The van der Waals surface area contributed by atoms with Crippen molar-refractivity contribution in [2.24, 2.45) is 0 Å². The van der Waals surface area contributed by atoms with Gasteiger partial charge in [0.1, 0.15) is 34.5 Å². The molecule has 6 aromatic heterocycles. The van der Waals surface area contributed by atoms with E-state index >= 15 is 0 Å². The number of hydrogen-bond acceptors (Lipinski definition) is 14. The van der Waals surface area contributed by atoms with Crippen molar-refractivity contribution in [1.82, 2.24) is 39.0 Å². The molecule has 0 radical (unpaired) electrons. The van der Waals surface area contributed by atoms with Crippen LogP contribution in [0.5, 0.6) is 34.5 Å². The fourth-order valence-electron chi connectivity index (χ4n) is 8.65. The average molecular weight is 989 g/mol. The lowest BCUT2D eigenvalue weighted by Crippen LogP contribution is -2.12. The van der Waals surface area contributed by atoms with Crippen molar-refractivity contribution < 1.29 is 36.8 Å². The smallest absolute Gasteiger partial charge is 0.200 e. The van der Waals surface area contributed by atoms with Crippen LogP contribution in [0.2, 0.25) is 0 Å². The van der Waals surface area contributed by atoms with E-state index in [4.69, 9.17) is 38.4 Å². The van der Waals surface area contributed by atoms with Crippen molar-refractivity contribution in [3.8, 4) is 34.5 Å². The zero-order valence-electron chi connectivity index (χ0n) is 42.3. The Morgan fingerprint density at radius 3 is 1.20 bits per heavy atom. The highest BCUT2D eigenvalue weighted by Gasteiger charge is 2.24. The summed E-state index contributed by atoms with van der Waals surface area (Å²) in [7, 11) is 6.87. The molecule has 0 bridgehead atoms. The molecule has 0 amide bonds. The number of rotatable bonds is 16. The summed E-state index contributed by atoms with van der Waals surface area (Å²) in [5.74, 6) is 4.93. The molecule has 2 aromatic carbocycles. The third kappa shape index (κ3) is 10.2. The molecule has 2 atom stereocenters. The van der Waals surface area contributed by atoms with Gasteiger partial charge in [-0.1, -0.05) is 0 Å². The van der Waals surface area contributed by atoms with Crippen molar-refractivity contribution in [2.75, 3.05) is 42.7 Å². The molecule has 0 aliphatic carbocycles. The predicted molar refractivity (Wildman–Crippen MR) is 272 cm³/mol. The van der Waals surface area contributed by atoms with Gasteiger partial charge in [0.05, 0.1) is 134 Å². The number of nitrogens with zero attached hydrogens (tertiary/aromatic N) is 8. The molecule has 0 saturated heterocycles. The number of benzene rings is 2. The van der Waals surface area contributed by atoms with Crippen LogP contribution >= 0.6 is 0 Å². The van der Waals surface area contributed by atoms with Crippen LogP contribution in [0.3, 0.4) is 0 Å². The molecule has 0 spiro atoms. The summed E-state index contributed by atoms with van der Waals surface area (Å²) in [5, 5.41) is 0.907. The maximum Gasteiger partial charge on any atom is 0.200 e. The van der Waals surface area contributed by atoms with Crippen LogP contribution in [0.1, 0.15) is 67.3 Å². The summed E-state index contributed by atoms with van der Waals surface area (Å²) in [4.78, 5) is 27.9. The molecular weight excluding hydrogens is 929 g/mol. The molecule has 0 N–H and O–H groups in total. The van der Waals surface area contributed by atoms with E-state index in [2.05, 4.69) is 19.9 Å². The van der Waals surface area contributed by atoms with Gasteiger partial charge in [-0.15, -0.1) is 0 Å². The SMILES string of the molecule is COc1ccc2c(c1)nc(S(=O)Cc1ncc(C)c(OC)c1C)n2Cc1ncc(C)c(OC)c1C.COc1ccc2nc(S(=O)Cc3ncc(C)c(OC)c3C)n(Cc3ncc(C)c(OC)c3C)c2c1. The average Bonchev–Trinajstić information content (AvgIpc) is 3.90. The second-order valence-electron chi connectivity index (χ2n) is 16.8. The molecule has 70 heavy (non-hydrogen) atoms. The molecule has 368 valence electrons. The van der Waals surface area contributed by atoms with Gasteiger partial charge in [-0.3, -0.25) is 28.4 Å². The van der Waals surface area contributed by atoms with E-state index in [0.717, 1.165) is 95.4 Å². The van der Waals surface area contributed by atoms with E-state index in [1.54, 1.807) is 67.4 Å². The molecule has 8 aromatic rings. The first-order valence-corrected chi connectivity index (χ1v) is 25.0. The van der Waals surface area contributed by atoms with Gasteiger partial charge in [-0.2, -0.15) is 0 Å². The summed E-state index contributed by atoms with van der Waals surface area (Å²) >= 11 is 0. The largest absolute Gasteiger partial charge is 0.497 e. The molecule has 0 fully saturated rings. The molecule has 18 heteroatoms. The zero-order valence-corrected chi connectivity index (χ0v) is 43.9. The Balaban J connectivity index is 0.000000206. The molecule has 0 aliphatic rings. The van der Waals surface area contributed by atoms with Crippen molar-refractivity contribution in [3.05, 3.63) is 128 Å². The standard InChI is InChI=1S/2C26H30N4O4S/c1-15-11-27-21(17(3)24(15)33-6)13-30-23-9-8-19(32-5)10-20(23)29-26(30)35(31)14-22-18(4)25(34-7)16(2)12-28-22;1-15-11-27-21(17(3)24(15)33-6)13-30-23-10-19(32-5)8-9-20(23)29-26(30)35(31)14-22-18(4)25(34-7)16(2)12-28-22/h2*8-12H,13-14H2,1-7H3. The van der Waals surface area contributed by atoms with Crippen LogP contribution in [0, 0.1) is 55.4 Å². The maximum atomic E-state index is 13.7. The Labute approximate surface area is 413 Å². The first-order chi connectivity index (χ1) is 33.6. The summed E-state index contributed by atoms with van der Waals surface area (Å²) in [5.41, 5.74) is 13.6. The second-order valence-corrected chi connectivity index (χ2v) is 19.5. The van der Waals surface area contributed by atoms with Gasteiger partial charge in [0.25, 0.3) is 0 Å². The van der Waals surface area contributed by atoms with Gasteiger partial charge in [0, 0.05) is 81.4 Å². The predicted octanol–water partition coefficient (Wildman–Crippen LogP) is 8.88. The highest BCUT2D eigenvalue weighted by molar-refractivity contribution is 7.84. The quantitative estimate of drug-likeness (QED) is 0.0897. The molecule has 6 heterocycles. The summed E-state index contributed by atoms with van der Waals surface area (Å²) in [6.45, 7) is 16.4. The second kappa shape index (κ2) is 21.8. The third-order valence-electron chi connectivity index (χ3n) is 12.4. The zero-order chi connectivity index (χ0) is 50.6. The first-order valence-electron chi connectivity index (χ1n) is 22.4. The van der Waals surface area contributed by atoms with Crippen LogP contribution in [0.4, 0.5) is 0 Å². The third-order valence-corrected chi connectivity index (χ3v) is 14.9. The highest BCUT2D eigenvalue weighted by atomic mass is 32.2. The fraction of sp³-hybridized carbons (Fsp3) is 0.346. The Kier molecular flexibility index (Phi) is 15.9. The van der Waals surface area contributed by atoms with E-state index in [9.17, 15) is 8.42 Å². The maximum absolute atomic E-state index is 13.7. The molecule has 2 unspecified atom stereocenters. The van der Waals surface area contributed by atoms with Crippen LogP contribution in [0.15, 0.2) is 71.5 Å². The van der Waals surface area contributed by atoms with E-state index in [1.165, 1.54) is 0 Å². The number of ether oxygens (including phenoxy) is 6. The molecule has 8 rings (SSSR count). The van der Waals surface area contributed by atoms with Gasteiger partial charge in [-0.25, -0.2) is 9.97 Å². The fourth-order valence-corrected chi connectivity index (χ4v) is 11.2. The number of pyridine rings is 4.